The summed E-state index contributed by atoms with van der Waals surface area (Å²) in [4.78, 5) is 1.35. The van der Waals surface area contributed by atoms with Gasteiger partial charge in [0.25, 0.3) is 0 Å². The lowest BCUT2D eigenvalue weighted by Crippen LogP contribution is -2.30. The molecule has 3 N–H and O–H groups in total. The summed E-state index contributed by atoms with van der Waals surface area (Å²) in [5, 5.41) is 0. The summed E-state index contributed by atoms with van der Waals surface area (Å²) in [6.45, 7) is 2.19. The molecule has 1 saturated carbocycles. The summed E-state index contributed by atoms with van der Waals surface area (Å²) < 4.78 is 0. The monoisotopic (exact) mass is 278 g/mol. The van der Waals surface area contributed by atoms with E-state index in [9.17, 15) is 0 Å². The van der Waals surface area contributed by atoms with E-state index in [4.69, 9.17) is 5.84 Å². The molecule has 19 heavy (non-hydrogen) atoms. The van der Waals surface area contributed by atoms with E-state index < -0.39 is 0 Å². The van der Waals surface area contributed by atoms with Gasteiger partial charge in [-0.2, -0.15) is 0 Å². The van der Waals surface area contributed by atoms with Crippen LogP contribution in [0.5, 0.6) is 0 Å². The van der Waals surface area contributed by atoms with E-state index in [-0.39, 0.29) is 0 Å². The third-order valence-corrected chi connectivity index (χ3v) is 4.98. The van der Waals surface area contributed by atoms with Gasteiger partial charge in [0.1, 0.15) is 0 Å². The SMILES string of the molecule is CCSc1ccc(C(CC2CCCCC2)NN)cc1. The van der Waals surface area contributed by atoms with Crippen molar-refractivity contribution in [2.75, 3.05) is 5.75 Å². The van der Waals surface area contributed by atoms with Crippen LogP contribution in [-0.4, -0.2) is 5.75 Å². The van der Waals surface area contributed by atoms with Gasteiger partial charge >= 0.3 is 0 Å². The molecule has 2 rings (SSSR count). The van der Waals surface area contributed by atoms with Crippen molar-refractivity contribution in [3.63, 3.8) is 0 Å². The van der Waals surface area contributed by atoms with Gasteiger partial charge in [0.05, 0.1) is 0 Å². The summed E-state index contributed by atoms with van der Waals surface area (Å²) in [5.41, 5.74) is 4.34. The Labute approximate surface area is 121 Å². The fourth-order valence-electron chi connectivity index (χ4n) is 3.02. The maximum absolute atomic E-state index is 5.76. The highest BCUT2D eigenvalue weighted by Crippen LogP contribution is 2.32. The number of thioether (sulfide) groups is 1. The first-order valence-corrected chi connectivity index (χ1v) is 8.51. The Bertz CT molecular complexity index is 358. The molecular formula is C16H26N2S. The van der Waals surface area contributed by atoms with Crippen LogP contribution in [0.15, 0.2) is 29.2 Å². The van der Waals surface area contributed by atoms with Crippen LogP contribution in [0.2, 0.25) is 0 Å². The van der Waals surface area contributed by atoms with Crippen LogP contribution in [0.3, 0.4) is 0 Å². The first-order chi connectivity index (χ1) is 9.33. The van der Waals surface area contributed by atoms with E-state index in [1.165, 1.54) is 49.0 Å². The quantitative estimate of drug-likeness (QED) is 0.463. The number of hydrazine groups is 1. The minimum atomic E-state index is 0.309. The van der Waals surface area contributed by atoms with Gasteiger partial charge < -0.3 is 0 Å². The second-order valence-corrected chi connectivity index (χ2v) is 6.80. The standard InChI is InChI=1S/C16H26N2S/c1-2-19-15-10-8-14(9-11-15)16(18-17)12-13-6-4-3-5-7-13/h8-11,13,16,18H,2-7,12,17H2,1H3. The molecule has 0 aromatic heterocycles. The molecule has 1 aliphatic carbocycles. The van der Waals surface area contributed by atoms with Gasteiger partial charge in [0.15, 0.2) is 0 Å². The second-order valence-electron chi connectivity index (χ2n) is 5.46. The Balaban J connectivity index is 1.95. The molecule has 0 saturated heterocycles. The van der Waals surface area contributed by atoms with Gasteiger partial charge in [-0.25, -0.2) is 0 Å². The Hall–Kier alpha value is -0.510. The molecule has 1 aliphatic rings. The zero-order valence-corrected chi connectivity index (χ0v) is 12.7. The minimum absolute atomic E-state index is 0.309. The van der Waals surface area contributed by atoms with Crippen molar-refractivity contribution in [3.05, 3.63) is 29.8 Å². The maximum atomic E-state index is 5.76. The van der Waals surface area contributed by atoms with E-state index >= 15 is 0 Å². The van der Waals surface area contributed by atoms with Gasteiger partial charge in [-0.3, -0.25) is 11.3 Å². The summed E-state index contributed by atoms with van der Waals surface area (Å²) in [5.74, 6) is 7.74. The van der Waals surface area contributed by atoms with Crippen molar-refractivity contribution in [2.45, 2.75) is 56.4 Å². The lowest BCUT2D eigenvalue weighted by atomic mass is 9.83. The predicted molar refractivity (Wildman–Crippen MR) is 84.1 cm³/mol. The van der Waals surface area contributed by atoms with Gasteiger partial charge in [0.2, 0.25) is 0 Å². The third kappa shape index (κ3) is 4.51. The molecule has 0 bridgehead atoms. The molecule has 2 nitrogen and oxygen atoms in total. The van der Waals surface area contributed by atoms with Gasteiger partial charge in [-0.05, 0) is 35.8 Å². The first kappa shape index (κ1) is 14.9. The van der Waals surface area contributed by atoms with Crippen molar-refractivity contribution in [1.29, 1.82) is 0 Å². The number of nitrogens with two attached hydrogens (primary N) is 1. The van der Waals surface area contributed by atoms with E-state index in [1.807, 2.05) is 11.8 Å². The number of rotatable bonds is 6. The molecular weight excluding hydrogens is 252 g/mol. The van der Waals surface area contributed by atoms with Crippen molar-refractivity contribution in [1.82, 2.24) is 5.43 Å². The zero-order valence-electron chi connectivity index (χ0n) is 11.9. The fraction of sp³-hybridized carbons (Fsp3) is 0.625. The molecule has 1 aromatic rings. The fourth-order valence-corrected chi connectivity index (χ4v) is 3.68. The largest absolute Gasteiger partial charge is 0.271 e. The van der Waals surface area contributed by atoms with Crippen molar-refractivity contribution >= 4 is 11.8 Å². The Morgan fingerprint density at radius 1 is 1.21 bits per heavy atom. The number of nitrogens with one attached hydrogen (secondary N) is 1. The molecule has 0 radical (unpaired) electrons. The molecule has 1 fully saturated rings. The van der Waals surface area contributed by atoms with E-state index in [0.717, 1.165) is 11.7 Å². The van der Waals surface area contributed by atoms with Crippen LogP contribution in [0, 0.1) is 5.92 Å². The second kappa shape index (κ2) is 7.93. The molecule has 106 valence electrons. The molecule has 0 amide bonds. The molecule has 3 heteroatoms. The normalized spacial score (nSPS) is 18.4. The molecule has 1 atom stereocenters. The molecule has 0 aliphatic heterocycles. The summed E-state index contributed by atoms with van der Waals surface area (Å²) in [7, 11) is 0. The maximum Gasteiger partial charge on any atom is 0.0462 e. The Kier molecular flexibility index (Phi) is 6.21. The van der Waals surface area contributed by atoms with E-state index in [1.54, 1.807) is 0 Å². The Morgan fingerprint density at radius 2 is 1.89 bits per heavy atom. The van der Waals surface area contributed by atoms with Crippen LogP contribution in [-0.2, 0) is 0 Å². The van der Waals surface area contributed by atoms with Gasteiger partial charge in [0, 0.05) is 10.9 Å². The number of benzene rings is 1. The summed E-state index contributed by atoms with van der Waals surface area (Å²) in [6.07, 6.45) is 8.14. The highest BCUT2D eigenvalue weighted by Gasteiger charge is 2.19. The van der Waals surface area contributed by atoms with Gasteiger partial charge in [-0.15, -0.1) is 11.8 Å². The van der Waals surface area contributed by atoms with Crippen LogP contribution >= 0.6 is 11.8 Å². The van der Waals surface area contributed by atoms with Crippen LogP contribution in [0.25, 0.3) is 0 Å². The highest BCUT2D eigenvalue weighted by molar-refractivity contribution is 7.99. The average Bonchev–Trinajstić information content (AvgIpc) is 2.47. The Morgan fingerprint density at radius 3 is 2.47 bits per heavy atom. The molecule has 0 heterocycles. The summed E-state index contributed by atoms with van der Waals surface area (Å²) >= 11 is 1.89. The highest BCUT2D eigenvalue weighted by atomic mass is 32.2. The lowest BCUT2D eigenvalue weighted by Gasteiger charge is -2.26. The smallest absolute Gasteiger partial charge is 0.0462 e. The average molecular weight is 278 g/mol. The van der Waals surface area contributed by atoms with Crippen molar-refractivity contribution in [3.8, 4) is 0 Å². The number of hydrogen-bond acceptors (Lipinski definition) is 3. The van der Waals surface area contributed by atoms with Crippen LogP contribution < -0.4 is 11.3 Å². The van der Waals surface area contributed by atoms with Crippen molar-refractivity contribution in [2.24, 2.45) is 11.8 Å². The minimum Gasteiger partial charge on any atom is -0.271 e. The van der Waals surface area contributed by atoms with Gasteiger partial charge in [-0.1, -0.05) is 51.2 Å². The third-order valence-electron chi connectivity index (χ3n) is 4.09. The number of hydrogen-bond donors (Lipinski definition) is 2. The predicted octanol–water partition coefficient (Wildman–Crippen LogP) is 4.27. The lowest BCUT2D eigenvalue weighted by molar-refractivity contribution is 0.301. The topological polar surface area (TPSA) is 38.0 Å². The van der Waals surface area contributed by atoms with Crippen LogP contribution in [0.1, 0.15) is 57.1 Å². The summed E-state index contributed by atoms with van der Waals surface area (Å²) in [6, 6.07) is 9.20. The molecule has 0 spiro atoms. The first-order valence-electron chi connectivity index (χ1n) is 7.52. The van der Waals surface area contributed by atoms with Crippen molar-refractivity contribution < 1.29 is 0 Å². The molecule has 1 aromatic carbocycles. The molecule has 1 unspecified atom stereocenters. The van der Waals surface area contributed by atoms with E-state index in [2.05, 4.69) is 36.6 Å². The van der Waals surface area contributed by atoms with E-state index in [0.29, 0.717) is 6.04 Å². The van der Waals surface area contributed by atoms with Crippen LogP contribution in [0.4, 0.5) is 0 Å². The zero-order chi connectivity index (χ0) is 13.5.